The number of nitrogens with zero attached hydrogens (tertiary/aromatic N) is 7. The van der Waals surface area contributed by atoms with Crippen molar-refractivity contribution in [1.29, 1.82) is 5.26 Å². The van der Waals surface area contributed by atoms with Crippen molar-refractivity contribution in [2.75, 3.05) is 5.32 Å². The molecule has 4 heterocycles. The van der Waals surface area contributed by atoms with Crippen LogP contribution in [0.15, 0.2) is 48.8 Å². The average molecular weight is 487 g/mol. The number of aromatic nitrogens is 7. The second-order valence-electron chi connectivity index (χ2n) is 8.21. The molecule has 0 unspecified atom stereocenters. The Labute approximate surface area is 203 Å². The Morgan fingerprint density at radius 1 is 1.14 bits per heavy atom. The van der Waals surface area contributed by atoms with Crippen LogP contribution in [0.5, 0.6) is 0 Å². The lowest BCUT2D eigenvalue weighted by atomic mass is 10.0. The molecule has 5 rings (SSSR count). The third kappa shape index (κ3) is 4.47. The number of nitriles is 1. The lowest BCUT2D eigenvalue weighted by Crippen LogP contribution is -2.19. The lowest BCUT2D eigenvalue weighted by molar-refractivity contribution is -0.196. The number of hydrogen-bond acceptors (Lipinski definition) is 8. The van der Waals surface area contributed by atoms with Crippen molar-refractivity contribution in [2.24, 2.45) is 0 Å². The Kier molecular flexibility index (Phi) is 5.62. The van der Waals surface area contributed by atoms with Gasteiger partial charge in [0.15, 0.2) is 11.5 Å². The third-order valence-corrected chi connectivity index (χ3v) is 5.52. The van der Waals surface area contributed by atoms with Gasteiger partial charge in [0, 0.05) is 11.4 Å². The van der Waals surface area contributed by atoms with Gasteiger partial charge in [0.1, 0.15) is 18.2 Å². The monoisotopic (exact) mass is 487 g/mol. The van der Waals surface area contributed by atoms with Crippen molar-refractivity contribution in [3.8, 4) is 23.1 Å². The molecule has 0 aliphatic carbocycles. The largest absolute Gasteiger partial charge is 0.357 e. The zero-order valence-electron chi connectivity index (χ0n) is 19.2. The van der Waals surface area contributed by atoms with Gasteiger partial charge in [-0.05, 0) is 55.8 Å². The van der Waals surface area contributed by atoms with Crippen LogP contribution in [-0.2, 0) is 6.42 Å². The molecule has 0 aliphatic heterocycles. The summed E-state index contributed by atoms with van der Waals surface area (Å²) in [6, 6.07) is 14.1. The predicted molar refractivity (Wildman–Crippen MR) is 127 cm³/mol. The second-order valence-corrected chi connectivity index (χ2v) is 8.21. The van der Waals surface area contributed by atoms with Crippen molar-refractivity contribution in [2.45, 2.75) is 26.4 Å². The lowest BCUT2D eigenvalue weighted by Gasteiger charge is -2.15. The average Bonchev–Trinajstić information content (AvgIpc) is 3.43. The summed E-state index contributed by atoms with van der Waals surface area (Å²) < 4.78 is 28.8. The van der Waals surface area contributed by atoms with Crippen LogP contribution in [0.4, 0.5) is 20.3 Å². The third-order valence-electron chi connectivity index (χ3n) is 5.52. The fourth-order valence-electron chi connectivity index (χ4n) is 3.88. The molecule has 0 bridgehead atoms. The molecule has 0 fully saturated rings. The molecular weight excluding hydrogens is 468 g/mol. The highest BCUT2D eigenvalue weighted by Gasteiger charge is 2.29. The normalized spacial score (nSPS) is 11.6. The van der Waals surface area contributed by atoms with Gasteiger partial charge in [0.2, 0.25) is 0 Å². The van der Waals surface area contributed by atoms with E-state index in [0.29, 0.717) is 33.9 Å². The number of alkyl halides is 2. The molecule has 5 aromatic rings. The highest BCUT2D eigenvalue weighted by molar-refractivity contribution is 5.82. The van der Waals surface area contributed by atoms with Crippen LogP contribution in [0.2, 0.25) is 0 Å². The van der Waals surface area contributed by atoms with Gasteiger partial charge in [0.25, 0.3) is 0 Å². The van der Waals surface area contributed by atoms with E-state index >= 15 is 0 Å². The minimum absolute atomic E-state index is 0.0147. The molecule has 36 heavy (non-hydrogen) atoms. The quantitative estimate of drug-likeness (QED) is 0.327. The topological polar surface area (TPSA) is 141 Å². The number of H-pyrrole nitrogens is 1. The molecule has 0 saturated carbocycles. The Balaban J connectivity index is 1.61. The standard InChI is InChI=1S/C24H19F2N9O/c1-13-3-7-20(34-31-13)29-16-5-6-17-19(9-16)35(12-28-17)21-8-4-15(10-24(25,26)36)23(30-21)22-14(2)32-33-18(22)11-27/h3-9,12,36H,10H2,1-2H3,(H,29,34)(H,32,33). The number of benzene rings is 1. The van der Waals surface area contributed by atoms with Crippen LogP contribution in [0.25, 0.3) is 28.1 Å². The van der Waals surface area contributed by atoms with E-state index in [1.807, 2.05) is 43.3 Å². The van der Waals surface area contributed by atoms with E-state index < -0.39 is 12.5 Å². The summed E-state index contributed by atoms with van der Waals surface area (Å²) in [5.41, 5.74) is 3.89. The van der Waals surface area contributed by atoms with Gasteiger partial charge in [-0.15, -0.1) is 5.10 Å². The van der Waals surface area contributed by atoms with Crippen LogP contribution in [0.3, 0.4) is 0 Å². The molecule has 0 saturated heterocycles. The van der Waals surface area contributed by atoms with Crippen molar-refractivity contribution >= 4 is 22.5 Å². The molecule has 1 aromatic carbocycles. The number of aliphatic hydroxyl groups is 1. The van der Waals surface area contributed by atoms with Gasteiger partial charge in [0.05, 0.1) is 34.4 Å². The van der Waals surface area contributed by atoms with Crippen molar-refractivity contribution in [1.82, 2.24) is 34.9 Å². The van der Waals surface area contributed by atoms with Crippen molar-refractivity contribution in [3.05, 3.63) is 71.4 Å². The maximum absolute atomic E-state index is 13.5. The van der Waals surface area contributed by atoms with Gasteiger partial charge >= 0.3 is 6.11 Å². The Morgan fingerprint density at radius 2 is 1.97 bits per heavy atom. The highest BCUT2D eigenvalue weighted by atomic mass is 19.3. The first-order valence-electron chi connectivity index (χ1n) is 10.8. The number of aryl methyl sites for hydroxylation is 2. The van der Waals surface area contributed by atoms with Crippen LogP contribution in [0.1, 0.15) is 22.6 Å². The fourth-order valence-corrected chi connectivity index (χ4v) is 3.88. The molecule has 10 nitrogen and oxygen atoms in total. The summed E-state index contributed by atoms with van der Waals surface area (Å²) in [5, 5.41) is 36.6. The molecule has 180 valence electrons. The Morgan fingerprint density at radius 3 is 2.69 bits per heavy atom. The molecular formula is C24H19F2N9O. The molecule has 3 N–H and O–H groups in total. The summed E-state index contributed by atoms with van der Waals surface area (Å²) in [4.78, 5) is 9.03. The zero-order chi connectivity index (χ0) is 25.4. The number of pyridine rings is 1. The number of anilines is 2. The minimum Gasteiger partial charge on any atom is -0.339 e. The van der Waals surface area contributed by atoms with E-state index in [1.165, 1.54) is 6.07 Å². The number of aromatic amines is 1. The summed E-state index contributed by atoms with van der Waals surface area (Å²) in [6.45, 7) is 3.51. The van der Waals surface area contributed by atoms with E-state index in [2.05, 4.69) is 35.7 Å². The molecule has 0 aliphatic rings. The van der Waals surface area contributed by atoms with Crippen LogP contribution in [0, 0.1) is 25.2 Å². The minimum atomic E-state index is -3.95. The van der Waals surface area contributed by atoms with Crippen LogP contribution >= 0.6 is 0 Å². The molecule has 4 aromatic heterocycles. The maximum atomic E-state index is 13.5. The number of fused-ring (bicyclic) bond motifs is 1. The number of nitrogens with one attached hydrogen (secondary N) is 2. The van der Waals surface area contributed by atoms with Crippen molar-refractivity contribution in [3.63, 3.8) is 0 Å². The molecule has 0 spiro atoms. The zero-order valence-corrected chi connectivity index (χ0v) is 19.2. The van der Waals surface area contributed by atoms with Gasteiger partial charge in [-0.1, -0.05) is 6.07 Å². The SMILES string of the molecule is Cc1ccc(Nc2ccc3ncn(-c4ccc(CC(O)(F)F)c(-c5c(C#N)n[nH]c5C)n4)c3c2)nn1. The van der Waals surface area contributed by atoms with E-state index in [-0.39, 0.29) is 17.0 Å². The Hall–Kier alpha value is -4.76. The van der Waals surface area contributed by atoms with Gasteiger partial charge < -0.3 is 10.4 Å². The Bertz CT molecular complexity index is 1610. The van der Waals surface area contributed by atoms with Gasteiger partial charge in [-0.2, -0.15) is 24.2 Å². The molecule has 0 atom stereocenters. The second kappa shape index (κ2) is 8.79. The van der Waals surface area contributed by atoms with Crippen LogP contribution < -0.4 is 5.32 Å². The van der Waals surface area contributed by atoms with Gasteiger partial charge in [-0.25, -0.2) is 9.97 Å². The van der Waals surface area contributed by atoms with E-state index in [4.69, 9.17) is 5.11 Å². The summed E-state index contributed by atoms with van der Waals surface area (Å²) in [7, 11) is 0. The maximum Gasteiger partial charge on any atom is 0.357 e. The fraction of sp³-hybridized carbons (Fsp3) is 0.167. The molecule has 0 radical (unpaired) electrons. The summed E-state index contributed by atoms with van der Waals surface area (Å²) in [6.07, 6.45) is -3.36. The van der Waals surface area contributed by atoms with E-state index in [9.17, 15) is 14.0 Å². The van der Waals surface area contributed by atoms with E-state index in [0.717, 1.165) is 11.4 Å². The smallest absolute Gasteiger partial charge is 0.339 e. The number of hydrogen-bond donors (Lipinski definition) is 3. The van der Waals surface area contributed by atoms with Crippen molar-refractivity contribution < 1.29 is 13.9 Å². The first-order chi connectivity index (χ1) is 17.2. The number of rotatable bonds is 6. The molecule has 12 heteroatoms. The first kappa shape index (κ1) is 23.0. The first-order valence-corrected chi connectivity index (χ1v) is 10.8. The summed E-state index contributed by atoms with van der Waals surface area (Å²) >= 11 is 0. The predicted octanol–water partition coefficient (Wildman–Crippen LogP) is 3.96. The van der Waals surface area contributed by atoms with E-state index in [1.54, 1.807) is 23.9 Å². The number of halogens is 2. The molecule has 0 amide bonds. The van der Waals surface area contributed by atoms with Gasteiger partial charge in [-0.3, -0.25) is 9.67 Å². The summed E-state index contributed by atoms with van der Waals surface area (Å²) in [5.74, 6) is 0.953. The highest BCUT2D eigenvalue weighted by Crippen LogP contribution is 2.32. The number of imidazole rings is 1. The van der Waals surface area contributed by atoms with Crippen LogP contribution in [-0.4, -0.2) is 46.1 Å².